The first-order valence-corrected chi connectivity index (χ1v) is 12.2. The quantitative estimate of drug-likeness (QED) is 0.256. The highest BCUT2D eigenvalue weighted by Gasteiger charge is 2.46. The number of halogens is 5. The van der Waals surface area contributed by atoms with E-state index in [4.69, 9.17) is 32.7 Å². The highest BCUT2D eigenvalue weighted by Crippen LogP contribution is 2.40. The molecule has 4 aromatic rings. The molecule has 12 heteroatoms. The lowest BCUT2D eigenvalue weighted by Crippen LogP contribution is -2.33. The van der Waals surface area contributed by atoms with Crippen molar-refractivity contribution in [2.24, 2.45) is 0 Å². The van der Waals surface area contributed by atoms with E-state index in [1.807, 2.05) is 0 Å². The van der Waals surface area contributed by atoms with Crippen molar-refractivity contribution in [2.45, 2.75) is 32.4 Å². The van der Waals surface area contributed by atoms with Crippen molar-refractivity contribution >= 4 is 46.1 Å². The van der Waals surface area contributed by atoms with Gasteiger partial charge >= 0.3 is 12.5 Å². The smallest absolute Gasteiger partial charge is 0.455 e. The molecule has 1 saturated heterocycles. The van der Waals surface area contributed by atoms with Gasteiger partial charge in [-0.05, 0) is 67.9 Å². The first-order valence-electron chi connectivity index (χ1n) is 11.5. The number of nitrogens with zero attached hydrogens (tertiary/aromatic N) is 1. The van der Waals surface area contributed by atoms with Gasteiger partial charge in [-0.2, -0.15) is 0 Å². The molecule has 2 heterocycles. The monoisotopic (exact) mass is 578 g/mol. The third-order valence-electron chi connectivity index (χ3n) is 6.38. The topological polar surface area (TPSA) is 78.8 Å². The van der Waals surface area contributed by atoms with Gasteiger partial charge < -0.3 is 18.8 Å². The number of nitrogens with one attached hydrogen (secondary N) is 1. The lowest BCUT2D eigenvalue weighted by Gasteiger charge is -2.21. The molecule has 0 bridgehead atoms. The lowest BCUT2D eigenvalue weighted by molar-refractivity contribution is -0.274. The predicted octanol–water partition coefficient (Wildman–Crippen LogP) is 7.48. The number of rotatable bonds is 6. The second kappa shape index (κ2) is 9.69. The molecule has 1 aromatic heterocycles. The van der Waals surface area contributed by atoms with Crippen LogP contribution in [-0.2, 0) is 21.7 Å². The third-order valence-corrected chi connectivity index (χ3v) is 7.00. The molecule has 1 N–H and O–H groups in total. The van der Waals surface area contributed by atoms with Gasteiger partial charge in [0.2, 0.25) is 5.60 Å². The number of imide groups is 1. The number of benzene rings is 3. The standard InChI is InChI=1S/C27H19Cl2F3N2O5/c1-14-23(37-18-6-4-17(28)5-7-18)20-9-8-19(38-27(30,31)32)12-22(20)34(14)13-15-11-16(3-10-21(15)29)26(2)24(35)33-25(36)39-26/h3-12H,13H2,1-2H3,(H,33,35,36)/t26-/m0/s1. The summed E-state index contributed by atoms with van der Waals surface area (Å²) < 4.78 is 56.2. The van der Waals surface area contributed by atoms with Gasteiger partial charge in [0.15, 0.2) is 5.75 Å². The summed E-state index contributed by atoms with van der Waals surface area (Å²) in [7, 11) is 0. The normalized spacial score (nSPS) is 17.3. The lowest BCUT2D eigenvalue weighted by atomic mass is 9.94. The molecule has 7 nitrogen and oxygen atoms in total. The fourth-order valence-corrected chi connectivity index (χ4v) is 4.70. The summed E-state index contributed by atoms with van der Waals surface area (Å²) in [5.74, 6) is -0.155. The predicted molar refractivity (Wildman–Crippen MR) is 137 cm³/mol. The van der Waals surface area contributed by atoms with Gasteiger partial charge in [0.1, 0.15) is 11.5 Å². The van der Waals surface area contributed by atoms with Gasteiger partial charge in [-0.25, -0.2) is 4.79 Å². The van der Waals surface area contributed by atoms with E-state index < -0.39 is 29.7 Å². The van der Waals surface area contributed by atoms with Crippen molar-refractivity contribution in [1.29, 1.82) is 0 Å². The Bertz CT molecular complexity index is 1620. The average Bonchev–Trinajstić information content (AvgIpc) is 3.27. The summed E-state index contributed by atoms with van der Waals surface area (Å²) in [5, 5.41) is 3.48. The van der Waals surface area contributed by atoms with Crippen molar-refractivity contribution in [3.63, 3.8) is 0 Å². The van der Waals surface area contributed by atoms with E-state index in [0.29, 0.717) is 49.3 Å². The number of carbonyl (C=O) groups excluding carboxylic acids is 2. The molecule has 1 aliphatic heterocycles. The Morgan fingerprint density at radius 2 is 1.69 bits per heavy atom. The maximum Gasteiger partial charge on any atom is 0.573 e. The number of cyclic esters (lactones) is 1. The number of aromatic nitrogens is 1. The van der Waals surface area contributed by atoms with Crippen LogP contribution in [0.15, 0.2) is 60.7 Å². The van der Waals surface area contributed by atoms with Crippen LogP contribution in [0, 0.1) is 6.92 Å². The fourth-order valence-electron chi connectivity index (χ4n) is 4.40. The van der Waals surface area contributed by atoms with Crippen molar-refractivity contribution < 1.29 is 37.0 Å². The first kappa shape index (κ1) is 26.7. The molecule has 1 aliphatic rings. The van der Waals surface area contributed by atoms with Crippen LogP contribution in [0.25, 0.3) is 10.9 Å². The van der Waals surface area contributed by atoms with E-state index in [2.05, 4.69) is 10.1 Å². The van der Waals surface area contributed by atoms with Crippen LogP contribution in [0.5, 0.6) is 17.2 Å². The molecule has 0 spiro atoms. The molecule has 1 atom stereocenters. The molecule has 2 amide bonds. The zero-order valence-electron chi connectivity index (χ0n) is 20.4. The summed E-state index contributed by atoms with van der Waals surface area (Å²) in [4.78, 5) is 24.1. The van der Waals surface area contributed by atoms with Gasteiger partial charge in [-0.3, -0.25) is 10.1 Å². The summed E-state index contributed by atoms with van der Waals surface area (Å²) in [6.45, 7) is 3.29. The summed E-state index contributed by atoms with van der Waals surface area (Å²) in [5.41, 5.74) is 0.294. The van der Waals surface area contributed by atoms with Gasteiger partial charge in [-0.1, -0.05) is 29.3 Å². The first-order chi connectivity index (χ1) is 18.3. The second-order valence-electron chi connectivity index (χ2n) is 8.97. The molecular formula is C27H19Cl2F3N2O5. The Balaban J connectivity index is 1.61. The Labute approximate surface area is 230 Å². The van der Waals surface area contributed by atoms with Crippen LogP contribution in [0.2, 0.25) is 10.0 Å². The number of hydrogen-bond donors (Lipinski definition) is 1. The highest BCUT2D eigenvalue weighted by molar-refractivity contribution is 6.31. The van der Waals surface area contributed by atoms with Gasteiger partial charge in [0, 0.05) is 33.6 Å². The molecule has 0 aliphatic carbocycles. The summed E-state index contributed by atoms with van der Waals surface area (Å²) in [6.07, 6.45) is -5.75. The molecule has 3 aromatic carbocycles. The van der Waals surface area contributed by atoms with E-state index in [9.17, 15) is 22.8 Å². The number of ether oxygens (including phenoxy) is 3. The second-order valence-corrected chi connectivity index (χ2v) is 9.81. The minimum Gasteiger partial charge on any atom is -0.455 e. The van der Waals surface area contributed by atoms with E-state index in [1.54, 1.807) is 54.0 Å². The van der Waals surface area contributed by atoms with Crippen LogP contribution in [-0.4, -0.2) is 22.9 Å². The minimum atomic E-state index is -4.88. The van der Waals surface area contributed by atoms with E-state index in [1.165, 1.54) is 25.1 Å². The van der Waals surface area contributed by atoms with E-state index in [-0.39, 0.29) is 6.54 Å². The van der Waals surface area contributed by atoms with Crippen LogP contribution in [0.4, 0.5) is 18.0 Å². The molecule has 0 radical (unpaired) electrons. The number of carbonyl (C=O) groups is 2. The van der Waals surface area contributed by atoms with Crippen LogP contribution in [0.1, 0.15) is 23.7 Å². The Hall–Kier alpha value is -3.89. The average molecular weight is 579 g/mol. The Kier molecular flexibility index (Phi) is 6.64. The molecule has 5 rings (SSSR count). The van der Waals surface area contributed by atoms with Crippen molar-refractivity contribution in [3.05, 3.63) is 87.5 Å². The number of amides is 2. The Morgan fingerprint density at radius 1 is 1.00 bits per heavy atom. The molecule has 0 saturated carbocycles. The number of alkyl halides is 3. The maximum absolute atomic E-state index is 13.0. The maximum atomic E-state index is 13.0. The van der Waals surface area contributed by atoms with Crippen LogP contribution >= 0.6 is 23.2 Å². The van der Waals surface area contributed by atoms with Crippen molar-refractivity contribution in [2.75, 3.05) is 0 Å². The van der Waals surface area contributed by atoms with Crippen LogP contribution in [0.3, 0.4) is 0 Å². The zero-order chi connectivity index (χ0) is 28.1. The van der Waals surface area contributed by atoms with Crippen molar-refractivity contribution in [1.82, 2.24) is 9.88 Å². The zero-order valence-corrected chi connectivity index (χ0v) is 21.9. The number of fused-ring (bicyclic) bond motifs is 1. The van der Waals surface area contributed by atoms with Gasteiger partial charge in [0.25, 0.3) is 5.91 Å². The molecule has 39 heavy (non-hydrogen) atoms. The Morgan fingerprint density at radius 3 is 2.33 bits per heavy atom. The highest BCUT2D eigenvalue weighted by atomic mass is 35.5. The third kappa shape index (κ3) is 5.22. The van der Waals surface area contributed by atoms with Gasteiger partial charge in [-0.15, -0.1) is 13.2 Å². The van der Waals surface area contributed by atoms with E-state index in [0.717, 1.165) is 0 Å². The van der Waals surface area contributed by atoms with Gasteiger partial charge in [0.05, 0.1) is 11.2 Å². The van der Waals surface area contributed by atoms with E-state index >= 15 is 0 Å². The molecule has 202 valence electrons. The summed E-state index contributed by atoms with van der Waals surface area (Å²) >= 11 is 12.5. The number of alkyl carbamates (subject to hydrolysis) is 1. The largest absolute Gasteiger partial charge is 0.573 e. The van der Waals surface area contributed by atoms with Crippen LogP contribution < -0.4 is 14.8 Å². The molecular weight excluding hydrogens is 560 g/mol. The summed E-state index contributed by atoms with van der Waals surface area (Å²) in [6, 6.07) is 15.3. The number of hydrogen-bond acceptors (Lipinski definition) is 5. The van der Waals surface area contributed by atoms with Crippen molar-refractivity contribution in [3.8, 4) is 17.2 Å². The SMILES string of the molecule is Cc1c(Oc2ccc(Cl)cc2)c2ccc(OC(F)(F)F)cc2n1Cc1cc([C@]2(C)OC(=O)NC2=O)ccc1Cl. The molecule has 1 fully saturated rings. The fraction of sp³-hybridized carbons (Fsp3) is 0.185. The minimum absolute atomic E-state index is 0.0834. The molecule has 0 unspecified atom stereocenters.